The molecular formula is C24H48O6. The molecule has 0 saturated carbocycles. The van der Waals surface area contributed by atoms with Crippen molar-refractivity contribution < 1.29 is 29.6 Å². The van der Waals surface area contributed by atoms with Gasteiger partial charge in [0.05, 0.1) is 19.8 Å². The van der Waals surface area contributed by atoms with E-state index in [9.17, 15) is 9.59 Å². The maximum Gasteiger partial charge on any atom is 0.313 e. The van der Waals surface area contributed by atoms with Gasteiger partial charge in [-0.3, -0.25) is 9.59 Å². The van der Waals surface area contributed by atoms with Crippen LogP contribution >= 0.6 is 0 Å². The average molecular weight is 433 g/mol. The lowest BCUT2D eigenvalue weighted by Gasteiger charge is -2.24. The van der Waals surface area contributed by atoms with Gasteiger partial charge < -0.3 is 20.1 Å². The van der Waals surface area contributed by atoms with Crippen LogP contribution in [0.25, 0.3) is 0 Å². The van der Waals surface area contributed by atoms with Crippen molar-refractivity contribution in [2.75, 3.05) is 19.8 Å². The van der Waals surface area contributed by atoms with E-state index in [1.807, 2.05) is 6.92 Å². The zero-order valence-electron chi connectivity index (χ0n) is 19.8. The van der Waals surface area contributed by atoms with E-state index >= 15 is 0 Å². The summed E-state index contributed by atoms with van der Waals surface area (Å²) in [7, 11) is 0. The van der Waals surface area contributed by atoms with Gasteiger partial charge in [0.1, 0.15) is 0 Å². The summed E-state index contributed by atoms with van der Waals surface area (Å²) < 4.78 is 4.82. The minimum Gasteiger partial charge on any atom is -0.396 e. The zero-order valence-corrected chi connectivity index (χ0v) is 19.8. The van der Waals surface area contributed by atoms with Gasteiger partial charge in [-0.1, -0.05) is 85.0 Å². The molecule has 0 aliphatic rings. The number of carbonyl (C=O) groups is 2. The molecule has 0 aliphatic carbocycles. The summed E-state index contributed by atoms with van der Waals surface area (Å²) in [6.07, 6.45) is 15.0. The molecule has 0 fully saturated rings. The summed E-state index contributed by atoms with van der Waals surface area (Å²) >= 11 is 0. The van der Waals surface area contributed by atoms with Gasteiger partial charge in [0, 0.05) is 18.3 Å². The fourth-order valence-corrected chi connectivity index (χ4v) is 2.81. The first kappa shape index (κ1) is 31.2. The highest BCUT2D eigenvalue weighted by Crippen LogP contribution is 2.18. The van der Waals surface area contributed by atoms with E-state index in [1.54, 1.807) is 0 Å². The van der Waals surface area contributed by atoms with Gasteiger partial charge in [-0.2, -0.15) is 0 Å². The van der Waals surface area contributed by atoms with Crippen LogP contribution in [0.5, 0.6) is 0 Å². The predicted molar refractivity (Wildman–Crippen MR) is 121 cm³/mol. The first-order valence-electron chi connectivity index (χ1n) is 12.0. The summed E-state index contributed by atoms with van der Waals surface area (Å²) in [5.41, 5.74) is -0.667. The van der Waals surface area contributed by atoms with Crippen LogP contribution in [0.1, 0.15) is 117 Å². The summed E-state index contributed by atoms with van der Waals surface area (Å²) in [6.45, 7) is 5.72. The van der Waals surface area contributed by atoms with E-state index in [0.717, 1.165) is 32.1 Å². The second kappa shape index (κ2) is 22.7. The van der Waals surface area contributed by atoms with Gasteiger partial charge >= 0.3 is 11.9 Å². The molecule has 0 aromatic carbocycles. The van der Waals surface area contributed by atoms with Gasteiger partial charge in [0.2, 0.25) is 0 Å². The number of rotatable bonds is 18. The van der Waals surface area contributed by atoms with Crippen molar-refractivity contribution in [1.82, 2.24) is 0 Å². The Morgan fingerprint density at radius 1 is 0.600 bits per heavy atom. The molecule has 0 aromatic rings. The van der Waals surface area contributed by atoms with E-state index in [0.29, 0.717) is 19.3 Å². The zero-order chi connectivity index (χ0) is 23.1. The molecule has 0 atom stereocenters. The second-order valence-electron chi connectivity index (χ2n) is 8.21. The largest absolute Gasteiger partial charge is 0.396 e. The Kier molecular flexibility index (Phi) is 23.6. The van der Waals surface area contributed by atoms with E-state index in [4.69, 9.17) is 20.1 Å². The van der Waals surface area contributed by atoms with Crippen molar-refractivity contribution in [3.8, 4) is 0 Å². The first-order valence-corrected chi connectivity index (χ1v) is 12.0. The van der Waals surface area contributed by atoms with Crippen molar-refractivity contribution in [2.24, 2.45) is 5.41 Å². The SMILES string of the molecule is CCC(CO)(CO)CO.CCCCCCCCCC(=O)OC(=O)CCCCCCC. The van der Waals surface area contributed by atoms with Gasteiger partial charge in [0.25, 0.3) is 0 Å². The second-order valence-corrected chi connectivity index (χ2v) is 8.21. The van der Waals surface area contributed by atoms with Crippen molar-refractivity contribution in [3.05, 3.63) is 0 Å². The van der Waals surface area contributed by atoms with Crippen molar-refractivity contribution in [3.63, 3.8) is 0 Å². The molecule has 180 valence electrons. The molecule has 0 heterocycles. The quantitative estimate of drug-likeness (QED) is 0.161. The van der Waals surface area contributed by atoms with Crippen molar-refractivity contribution in [2.45, 2.75) is 117 Å². The van der Waals surface area contributed by atoms with Gasteiger partial charge in [0.15, 0.2) is 0 Å². The maximum absolute atomic E-state index is 11.5. The number of carbonyl (C=O) groups excluding carboxylic acids is 2. The Balaban J connectivity index is 0. The molecule has 0 unspecified atom stereocenters. The van der Waals surface area contributed by atoms with Crippen LogP contribution in [-0.4, -0.2) is 47.1 Å². The highest BCUT2D eigenvalue weighted by Gasteiger charge is 2.24. The fraction of sp³-hybridized carbons (Fsp3) is 0.917. The third-order valence-electron chi connectivity index (χ3n) is 5.45. The molecule has 30 heavy (non-hydrogen) atoms. The first-order chi connectivity index (χ1) is 14.4. The normalized spacial score (nSPS) is 11.0. The lowest BCUT2D eigenvalue weighted by atomic mass is 9.88. The molecular weight excluding hydrogens is 384 g/mol. The van der Waals surface area contributed by atoms with Crippen LogP contribution in [0.4, 0.5) is 0 Å². The number of ether oxygens (including phenoxy) is 1. The molecule has 6 heteroatoms. The topological polar surface area (TPSA) is 104 Å². The van der Waals surface area contributed by atoms with Crippen LogP contribution in [0.3, 0.4) is 0 Å². The molecule has 0 bridgehead atoms. The molecule has 0 radical (unpaired) electrons. The van der Waals surface area contributed by atoms with E-state index in [1.165, 1.54) is 44.9 Å². The Hall–Kier alpha value is -0.980. The third-order valence-corrected chi connectivity index (χ3v) is 5.45. The molecule has 6 nitrogen and oxygen atoms in total. The van der Waals surface area contributed by atoms with Gasteiger partial charge in [-0.25, -0.2) is 0 Å². The van der Waals surface area contributed by atoms with Crippen molar-refractivity contribution in [1.29, 1.82) is 0 Å². The highest BCUT2D eigenvalue weighted by molar-refractivity contribution is 5.85. The molecule has 0 aliphatic heterocycles. The monoisotopic (exact) mass is 432 g/mol. The number of aliphatic hydroxyl groups is 3. The molecule has 0 amide bonds. The minimum absolute atomic E-state index is 0.156. The third kappa shape index (κ3) is 19.0. The summed E-state index contributed by atoms with van der Waals surface area (Å²) in [5.74, 6) is -0.693. The Morgan fingerprint density at radius 2 is 0.933 bits per heavy atom. The van der Waals surface area contributed by atoms with Crippen molar-refractivity contribution >= 4 is 11.9 Å². The summed E-state index contributed by atoms with van der Waals surface area (Å²) in [4.78, 5) is 22.9. The Morgan fingerprint density at radius 3 is 1.20 bits per heavy atom. The molecule has 0 rings (SSSR count). The van der Waals surface area contributed by atoms with Gasteiger partial charge in [-0.15, -0.1) is 0 Å². The molecule has 3 N–H and O–H groups in total. The predicted octanol–water partition coefficient (Wildman–Crippen LogP) is 4.92. The fourth-order valence-electron chi connectivity index (χ4n) is 2.81. The summed E-state index contributed by atoms with van der Waals surface area (Å²) in [5, 5.41) is 26.0. The lowest BCUT2D eigenvalue weighted by Crippen LogP contribution is -2.32. The van der Waals surface area contributed by atoms with Crippen LogP contribution in [-0.2, 0) is 14.3 Å². The van der Waals surface area contributed by atoms with Crippen LogP contribution in [0.2, 0.25) is 0 Å². The standard InChI is InChI=1S/C18H34O3.C6H14O3/c1-3-5-7-9-10-12-14-16-18(20)21-17(19)15-13-11-8-6-4-2;1-2-6(3-7,4-8)5-9/h3-16H2,1-2H3;7-9H,2-5H2,1H3. The highest BCUT2D eigenvalue weighted by atomic mass is 16.6. The lowest BCUT2D eigenvalue weighted by molar-refractivity contribution is -0.159. The summed E-state index contributed by atoms with van der Waals surface area (Å²) in [6, 6.07) is 0. The number of hydrogen-bond donors (Lipinski definition) is 3. The smallest absolute Gasteiger partial charge is 0.313 e. The number of unbranched alkanes of at least 4 members (excludes halogenated alkanes) is 10. The molecule has 0 aromatic heterocycles. The van der Waals surface area contributed by atoms with Crippen LogP contribution < -0.4 is 0 Å². The Bertz CT molecular complexity index is 376. The Labute approximate surface area is 184 Å². The molecule has 0 spiro atoms. The average Bonchev–Trinajstić information content (AvgIpc) is 2.75. The number of aliphatic hydroxyl groups excluding tert-OH is 3. The van der Waals surface area contributed by atoms with E-state index in [2.05, 4.69) is 13.8 Å². The van der Waals surface area contributed by atoms with E-state index < -0.39 is 5.41 Å². The van der Waals surface area contributed by atoms with Crippen LogP contribution in [0, 0.1) is 5.41 Å². The minimum atomic E-state index is -0.667. The van der Waals surface area contributed by atoms with Crippen LogP contribution in [0.15, 0.2) is 0 Å². The van der Waals surface area contributed by atoms with E-state index in [-0.39, 0.29) is 31.8 Å². The maximum atomic E-state index is 11.5. The number of esters is 2. The molecule has 0 saturated heterocycles. The van der Waals surface area contributed by atoms with Gasteiger partial charge in [-0.05, 0) is 19.3 Å². The number of hydrogen-bond acceptors (Lipinski definition) is 6.